The van der Waals surface area contributed by atoms with Crippen molar-refractivity contribution in [3.63, 3.8) is 0 Å². The highest BCUT2D eigenvalue weighted by molar-refractivity contribution is 5.94. The lowest BCUT2D eigenvalue weighted by Gasteiger charge is -2.32. The van der Waals surface area contributed by atoms with Crippen LogP contribution in [0.25, 0.3) is 10.8 Å². The maximum Gasteiger partial charge on any atom is 0.157 e. The van der Waals surface area contributed by atoms with Crippen molar-refractivity contribution in [2.75, 3.05) is 23.3 Å². The number of rotatable bonds is 4. The molecule has 0 radical (unpaired) electrons. The Morgan fingerprint density at radius 3 is 2.70 bits per heavy atom. The molecule has 1 fully saturated rings. The maximum absolute atomic E-state index is 9.29. The molecule has 6 nitrogen and oxygen atoms in total. The number of hydrogen-bond donors (Lipinski definition) is 1. The smallest absolute Gasteiger partial charge is 0.157 e. The Balaban J connectivity index is 1.73. The van der Waals surface area contributed by atoms with Gasteiger partial charge in [-0.05, 0) is 50.5 Å². The molecule has 4 rings (SSSR count). The summed E-state index contributed by atoms with van der Waals surface area (Å²) in [6, 6.07) is 10.2. The molecule has 2 aromatic heterocycles. The van der Waals surface area contributed by atoms with Gasteiger partial charge in [0.25, 0.3) is 0 Å². The summed E-state index contributed by atoms with van der Waals surface area (Å²) >= 11 is 0. The van der Waals surface area contributed by atoms with Gasteiger partial charge in [0.1, 0.15) is 5.82 Å². The zero-order chi connectivity index (χ0) is 19.0. The first-order valence-electron chi connectivity index (χ1n) is 9.22. The topological polar surface area (TPSA) is 77.7 Å². The number of anilines is 2. The highest BCUT2D eigenvalue weighted by Crippen LogP contribution is 2.30. The first kappa shape index (κ1) is 17.2. The van der Waals surface area contributed by atoms with Gasteiger partial charge < -0.3 is 10.2 Å². The summed E-state index contributed by atoms with van der Waals surface area (Å²) in [5.41, 5.74) is 3.65. The molecule has 0 saturated carbocycles. The zero-order valence-corrected chi connectivity index (χ0v) is 15.8. The van der Waals surface area contributed by atoms with Crippen molar-refractivity contribution in [2.24, 2.45) is 0 Å². The minimum atomic E-state index is -0.000805. The third-order valence-electron chi connectivity index (χ3n) is 5.33. The molecule has 0 aliphatic carbocycles. The van der Waals surface area contributed by atoms with Crippen LogP contribution in [0.1, 0.15) is 41.8 Å². The Labute approximate surface area is 158 Å². The Bertz CT molecular complexity index is 1050. The van der Waals surface area contributed by atoms with Gasteiger partial charge in [-0.15, -0.1) is 5.10 Å². The zero-order valence-electron chi connectivity index (χ0n) is 15.8. The summed E-state index contributed by atoms with van der Waals surface area (Å²) in [6.45, 7) is 8.12. The molecule has 1 aromatic carbocycles. The molecular weight excluding hydrogens is 336 g/mol. The molecule has 1 aliphatic rings. The van der Waals surface area contributed by atoms with Crippen LogP contribution in [0.15, 0.2) is 30.5 Å². The molecule has 6 heteroatoms. The molecule has 1 aliphatic heterocycles. The molecule has 1 N–H and O–H groups in total. The fraction of sp³-hybridized carbons (Fsp3) is 0.333. The highest BCUT2D eigenvalue weighted by atomic mass is 15.2. The highest BCUT2D eigenvalue weighted by Gasteiger charge is 2.19. The maximum atomic E-state index is 9.29. The van der Waals surface area contributed by atoms with Crippen molar-refractivity contribution in [1.82, 2.24) is 15.2 Å². The van der Waals surface area contributed by atoms with E-state index in [1.165, 1.54) is 6.42 Å². The summed E-state index contributed by atoms with van der Waals surface area (Å²) in [6.07, 6.45) is 3.11. The van der Waals surface area contributed by atoms with E-state index in [0.717, 1.165) is 52.3 Å². The average Bonchev–Trinajstić information content (AvgIpc) is 2.63. The van der Waals surface area contributed by atoms with E-state index in [1.54, 1.807) is 0 Å². The fourth-order valence-corrected chi connectivity index (χ4v) is 3.51. The van der Waals surface area contributed by atoms with Crippen LogP contribution in [-0.2, 0) is 0 Å². The third-order valence-corrected chi connectivity index (χ3v) is 5.33. The predicted octanol–water partition coefficient (Wildman–Crippen LogP) is 3.90. The van der Waals surface area contributed by atoms with E-state index in [9.17, 15) is 5.26 Å². The fourth-order valence-electron chi connectivity index (χ4n) is 3.51. The van der Waals surface area contributed by atoms with E-state index in [1.807, 2.05) is 38.2 Å². The van der Waals surface area contributed by atoms with Crippen LogP contribution in [0.5, 0.6) is 0 Å². The lowest BCUT2D eigenvalue weighted by atomic mass is 9.98. The molecule has 136 valence electrons. The number of hydrogen-bond acceptors (Lipinski definition) is 6. The van der Waals surface area contributed by atoms with Crippen molar-refractivity contribution in [2.45, 2.75) is 33.2 Å². The first-order chi connectivity index (χ1) is 13.1. The van der Waals surface area contributed by atoms with Crippen LogP contribution < -0.4 is 10.2 Å². The van der Waals surface area contributed by atoms with Gasteiger partial charge in [-0.3, -0.25) is 0 Å². The number of nitriles is 1. The first-order valence-corrected chi connectivity index (χ1v) is 9.22. The largest absolute Gasteiger partial charge is 0.362 e. The Kier molecular flexibility index (Phi) is 4.36. The Hall–Kier alpha value is -3.20. The molecule has 1 atom stereocenters. The van der Waals surface area contributed by atoms with Gasteiger partial charge in [-0.1, -0.05) is 12.1 Å². The number of aromatic nitrogens is 3. The van der Waals surface area contributed by atoms with Gasteiger partial charge in [0, 0.05) is 30.1 Å². The van der Waals surface area contributed by atoms with Crippen LogP contribution in [0, 0.1) is 25.2 Å². The van der Waals surface area contributed by atoms with Crippen molar-refractivity contribution in [1.29, 1.82) is 5.26 Å². The van der Waals surface area contributed by atoms with Gasteiger partial charge in [-0.2, -0.15) is 10.4 Å². The molecule has 1 saturated heterocycles. The summed E-state index contributed by atoms with van der Waals surface area (Å²) in [4.78, 5) is 6.87. The van der Waals surface area contributed by atoms with E-state index >= 15 is 0 Å². The number of pyridine rings is 1. The Morgan fingerprint density at radius 2 is 2.00 bits per heavy atom. The third kappa shape index (κ3) is 3.06. The van der Waals surface area contributed by atoms with Crippen LogP contribution in [0.3, 0.4) is 0 Å². The van der Waals surface area contributed by atoms with Crippen LogP contribution in [0.4, 0.5) is 11.6 Å². The SMILES string of the molecule is Cc1c(C#N)cccc1[C@@H](C)Nc1nnc(C)c2cnc(N3CCC3)cc12. The van der Waals surface area contributed by atoms with Crippen LogP contribution in [-0.4, -0.2) is 28.3 Å². The second-order valence-electron chi connectivity index (χ2n) is 7.06. The lowest BCUT2D eigenvalue weighted by molar-refractivity contribution is 0.610. The average molecular weight is 358 g/mol. The summed E-state index contributed by atoms with van der Waals surface area (Å²) in [5.74, 6) is 1.73. The van der Waals surface area contributed by atoms with E-state index in [4.69, 9.17) is 0 Å². The minimum absolute atomic E-state index is 0.000805. The minimum Gasteiger partial charge on any atom is -0.362 e. The Morgan fingerprint density at radius 1 is 1.19 bits per heavy atom. The normalized spacial score (nSPS) is 14.5. The molecule has 0 spiro atoms. The van der Waals surface area contributed by atoms with Gasteiger partial charge >= 0.3 is 0 Å². The van der Waals surface area contributed by atoms with Gasteiger partial charge in [-0.25, -0.2) is 4.98 Å². The van der Waals surface area contributed by atoms with Crippen molar-refractivity contribution in [3.8, 4) is 6.07 Å². The van der Waals surface area contributed by atoms with Crippen molar-refractivity contribution >= 4 is 22.4 Å². The van der Waals surface area contributed by atoms with E-state index < -0.39 is 0 Å². The predicted molar refractivity (Wildman–Crippen MR) is 107 cm³/mol. The van der Waals surface area contributed by atoms with Gasteiger partial charge in [0.15, 0.2) is 5.82 Å². The second-order valence-corrected chi connectivity index (χ2v) is 7.06. The number of fused-ring (bicyclic) bond motifs is 1. The molecular formula is C21H22N6. The number of benzene rings is 1. The van der Waals surface area contributed by atoms with Crippen molar-refractivity contribution < 1.29 is 0 Å². The van der Waals surface area contributed by atoms with Gasteiger partial charge in [0.2, 0.25) is 0 Å². The van der Waals surface area contributed by atoms with E-state index in [-0.39, 0.29) is 6.04 Å². The summed E-state index contributed by atoms with van der Waals surface area (Å²) in [5, 5.41) is 23.5. The summed E-state index contributed by atoms with van der Waals surface area (Å²) < 4.78 is 0. The second kappa shape index (κ2) is 6.84. The number of aryl methyl sites for hydroxylation is 1. The van der Waals surface area contributed by atoms with Gasteiger partial charge in [0.05, 0.1) is 23.4 Å². The number of nitrogens with one attached hydrogen (secondary N) is 1. The monoisotopic (exact) mass is 358 g/mol. The molecule has 0 bridgehead atoms. The quantitative estimate of drug-likeness (QED) is 0.762. The lowest BCUT2D eigenvalue weighted by Crippen LogP contribution is -2.37. The standard InChI is InChI=1S/C21H22N6/c1-13-16(11-22)6-4-7-17(13)14(2)24-21-18-10-20(27-8-5-9-27)23-12-19(18)15(3)25-26-21/h4,6-7,10,12,14H,5,8-9H2,1-3H3,(H,24,26)/t14-/m1/s1. The molecule has 27 heavy (non-hydrogen) atoms. The number of nitrogens with zero attached hydrogens (tertiary/aromatic N) is 5. The summed E-state index contributed by atoms with van der Waals surface area (Å²) in [7, 11) is 0. The van der Waals surface area contributed by atoms with E-state index in [0.29, 0.717) is 5.56 Å². The molecule has 3 aromatic rings. The van der Waals surface area contributed by atoms with Crippen LogP contribution in [0.2, 0.25) is 0 Å². The molecule has 0 amide bonds. The molecule has 3 heterocycles. The molecule has 0 unspecified atom stereocenters. The van der Waals surface area contributed by atoms with Crippen LogP contribution >= 0.6 is 0 Å². The van der Waals surface area contributed by atoms with E-state index in [2.05, 4.69) is 44.5 Å². The van der Waals surface area contributed by atoms with Crippen molar-refractivity contribution in [3.05, 3.63) is 52.8 Å².